The highest BCUT2D eigenvalue weighted by Gasteiger charge is 2.36. The molecule has 1 aromatic rings. The first-order valence-electron chi connectivity index (χ1n) is 5.19. The van der Waals surface area contributed by atoms with Gasteiger partial charge >= 0.3 is 12.4 Å². The molecule has 0 saturated carbocycles. The van der Waals surface area contributed by atoms with E-state index in [1.807, 2.05) is 0 Å². The molecule has 0 aliphatic rings. The summed E-state index contributed by atoms with van der Waals surface area (Å²) in [4.78, 5) is 0. The van der Waals surface area contributed by atoms with Gasteiger partial charge in [0.05, 0.1) is 5.56 Å². The highest BCUT2D eigenvalue weighted by molar-refractivity contribution is 5.32. The molecule has 0 unspecified atom stereocenters. The predicted molar refractivity (Wildman–Crippen MR) is 53.6 cm³/mol. The highest BCUT2D eigenvalue weighted by Crippen LogP contribution is 2.36. The van der Waals surface area contributed by atoms with Gasteiger partial charge in [0.15, 0.2) is 0 Å². The lowest BCUT2D eigenvalue weighted by molar-refractivity contribution is -0.139. The molecule has 0 saturated heterocycles. The number of alkyl halides is 6. The van der Waals surface area contributed by atoms with Crippen LogP contribution in [0.15, 0.2) is 18.2 Å². The lowest BCUT2D eigenvalue weighted by Gasteiger charge is -2.19. The summed E-state index contributed by atoms with van der Waals surface area (Å²) in [7, 11) is 0. The van der Waals surface area contributed by atoms with Gasteiger partial charge in [-0.1, -0.05) is 6.07 Å². The Morgan fingerprint density at radius 2 is 1.63 bits per heavy atom. The quantitative estimate of drug-likeness (QED) is 0.830. The van der Waals surface area contributed by atoms with Crippen molar-refractivity contribution in [2.75, 3.05) is 0 Å². The van der Waals surface area contributed by atoms with Gasteiger partial charge in [-0.25, -0.2) is 4.39 Å². The van der Waals surface area contributed by atoms with Crippen LogP contribution < -0.4 is 5.73 Å². The molecule has 1 nitrogen and oxygen atoms in total. The molecule has 0 amide bonds. The van der Waals surface area contributed by atoms with Crippen molar-refractivity contribution in [2.24, 2.45) is 5.73 Å². The molecule has 1 atom stereocenters. The Balaban J connectivity index is 3.00. The van der Waals surface area contributed by atoms with Crippen LogP contribution in [0.3, 0.4) is 0 Å². The van der Waals surface area contributed by atoms with Crippen LogP contribution in [0.4, 0.5) is 30.7 Å². The lowest BCUT2D eigenvalue weighted by Crippen LogP contribution is -2.20. The Morgan fingerprint density at radius 1 is 1.05 bits per heavy atom. The van der Waals surface area contributed by atoms with Gasteiger partial charge in [-0.15, -0.1) is 0 Å². The summed E-state index contributed by atoms with van der Waals surface area (Å²) in [5, 5.41) is 0. The number of benzene rings is 1. The van der Waals surface area contributed by atoms with Crippen LogP contribution in [-0.2, 0) is 6.18 Å². The molecule has 108 valence electrons. The second kappa shape index (κ2) is 5.36. The molecule has 1 aromatic carbocycles. The molecule has 8 heteroatoms. The predicted octanol–water partition coefficient (Wildman–Crippen LogP) is 4.19. The van der Waals surface area contributed by atoms with E-state index in [0.29, 0.717) is 0 Å². The number of hydrogen-bond donors (Lipinski definition) is 1. The monoisotopic (exact) mass is 289 g/mol. The third-order valence-electron chi connectivity index (χ3n) is 2.46. The standard InChI is InChI=1S/C11H10F7N/c12-6-1-2-7(8(5-6)11(16,17)18)9(19)3-4-10(13,14)15/h1-2,5,9H,3-4,19H2/t9-/m1/s1. The molecular weight excluding hydrogens is 279 g/mol. The smallest absolute Gasteiger partial charge is 0.324 e. The second-order valence-corrected chi connectivity index (χ2v) is 3.99. The Bertz CT molecular complexity index is 436. The molecule has 1 rings (SSSR count). The van der Waals surface area contributed by atoms with Crippen LogP contribution in [-0.4, -0.2) is 6.18 Å². The fraction of sp³-hybridized carbons (Fsp3) is 0.455. The largest absolute Gasteiger partial charge is 0.416 e. The minimum absolute atomic E-state index is 0.225. The molecule has 2 N–H and O–H groups in total. The van der Waals surface area contributed by atoms with E-state index in [2.05, 4.69) is 0 Å². The van der Waals surface area contributed by atoms with Gasteiger partial charge in [-0.05, 0) is 24.1 Å². The van der Waals surface area contributed by atoms with E-state index < -0.39 is 48.2 Å². The van der Waals surface area contributed by atoms with E-state index in [9.17, 15) is 30.7 Å². The lowest BCUT2D eigenvalue weighted by atomic mass is 9.97. The van der Waals surface area contributed by atoms with E-state index in [1.165, 1.54) is 0 Å². The topological polar surface area (TPSA) is 26.0 Å². The van der Waals surface area contributed by atoms with Crippen molar-refractivity contribution in [1.82, 2.24) is 0 Å². The van der Waals surface area contributed by atoms with Crippen molar-refractivity contribution in [1.29, 1.82) is 0 Å². The average Bonchev–Trinajstić information content (AvgIpc) is 2.23. The Labute approximate surface area is 104 Å². The van der Waals surface area contributed by atoms with Gasteiger partial charge in [0.2, 0.25) is 0 Å². The minimum atomic E-state index is -4.87. The van der Waals surface area contributed by atoms with Gasteiger partial charge in [-0.2, -0.15) is 26.3 Å². The average molecular weight is 289 g/mol. The molecule has 0 radical (unpaired) electrons. The molecule has 0 heterocycles. The zero-order chi connectivity index (χ0) is 14.8. The maximum absolute atomic E-state index is 12.8. The number of hydrogen-bond acceptors (Lipinski definition) is 1. The van der Waals surface area contributed by atoms with Crippen molar-refractivity contribution in [3.8, 4) is 0 Å². The summed E-state index contributed by atoms with van der Waals surface area (Å²) >= 11 is 0. The Kier molecular flexibility index (Phi) is 4.44. The molecular formula is C11H10F7N. The first kappa shape index (κ1) is 15.7. The zero-order valence-corrected chi connectivity index (χ0v) is 9.45. The summed E-state index contributed by atoms with van der Waals surface area (Å²) < 4.78 is 86.6. The van der Waals surface area contributed by atoms with Crippen LogP contribution in [0.5, 0.6) is 0 Å². The van der Waals surface area contributed by atoms with E-state index in [-0.39, 0.29) is 6.07 Å². The van der Waals surface area contributed by atoms with E-state index in [4.69, 9.17) is 5.73 Å². The van der Waals surface area contributed by atoms with E-state index in [1.54, 1.807) is 0 Å². The molecule has 0 spiro atoms. The van der Waals surface area contributed by atoms with Crippen molar-refractivity contribution in [2.45, 2.75) is 31.2 Å². The Hall–Kier alpha value is -1.31. The van der Waals surface area contributed by atoms with Crippen LogP contribution in [0.25, 0.3) is 0 Å². The van der Waals surface area contributed by atoms with Crippen LogP contribution in [0, 0.1) is 5.82 Å². The highest BCUT2D eigenvalue weighted by atomic mass is 19.4. The maximum Gasteiger partial charge on any atom is 0.416 e. The number of halogens is 7. The summed E-state index contributed by atoms with van der Waals surface area (Å²) in [5.74, 6) is -1.13. The third kappa shape index (κ3) is 4.70. The summed E-state index contributed by atoms with van der Waals surface area (Å²) in [6.45, 7) is 0. The first-order chi connectivity index (χ1) is 8.50. The van der Waals surface area contributed by atoms with Crippen LogP contribution in [0.2, 0.25) is 0 Å². The molecule has 0 bridgehead atoms. The normalized spacial score (nSPS) is 14.5. The minimum Gasteiger partial charge on any atom is -0.324 e. The van der Waals surface area contributed by atoms with Gasteiger partial charge < -0.3 is 5.73 Å². The van der Waals surface area contributed by atoms with E-state index in [0.717, 1.165) is 12.1 Å². The molecule has 0 aliphatic carbocycles. The van der Waals surface area contributed by atoms with Crippen molar-refractivity contribution in [3.63, 3.8) is 0 Å². The number of nitrogens with two attached hydrogens (primary N) is 1. The van der Waals surface area contributed by atoms with Crippen molar-refractivity contribution in [3.05, 3.63) is 35.1 Å². The van der Waals surface area contributed by atoms with Gasteiger partial charge in [-0.3, -0.25) is 0 Å². The maximum atomic E-state index is 12.8. The van der Waals surface area contributed by atoms with Crippen molar-refractivity contribution >= 4 is 0 Å². The molecule has 0 aromatic heterocycles. The fourth-order valence-electron chi connectivity index (χ4n) is 1.57. The van der Waals surface area contributed by atoms with Crippen molar-refractivity contribution < 1.29 is 30.7 Å². The van der Waals surface area contributed by atoms with Gasteiger partial charge in [0.1, 0.15) is 5.82 Å². The first-order valence-corrected chi connectivity index (χ1v) is 5.19. The Morgan fingerprint density at radius 3 is 2.11 bits per heavy atom. The SMILES string of the molecule is N[C@H](CCC(F)(F)F)c1ccc(F)cc1C(F)(F)F. The zero-order valence-electron chi connectivity index (χ0n) is 9.45. The van der Waals surface area contributed by atoms with Gasteiger partial charge in [0.25, 0.3) is 0 Å². The van der Waals surface area contributed by atoms with E-state index >= 15 is 0 Å². The van der Waals surface area contributed by atoms with Crippen LogP contribution in [0.1, 0.15) is 30.0 Å². The fourth-order valence-corrected chi connectivity index (χ4v) is 1.57. The second-order valence-electron chi connectivity index (χ2n) is 3.99. The molecule has 19 heavy (non-hydrogen) atoms. The molecule has 0 fully saturated rings. The number of rotatable bonds is 3. The summed E-state index contributed by atoms with van der Waals surface area (Å²) in [6, 6.07) is 0.263. The third-order valence-corrected chi connectivity index (χ3v) is 2.46. The summed E-state index contributed by atoms with van der Waals surface area (Å²) in [6.07, 6.45) is -11.4. The molecule has 0 aliphatic heterocycles. The summed E-state index contributed by atoms with van der Waals surface area (Å²) in [5.41, 5.74) is 3.44. The van der Waals surface area contributed by atoms with Crippen LogP contribution >= 0.6 is 0 Å². The van der Waals surface area contributed by atoms with Gasteiger partial charge in [0, 0.05) is 12.5 Å².